The summed E-state index contributed by atoms with van der Waals surface area (Å²) < 4.78 is 30.5. The Kier molecular flexibility index (Phi) is 5.17. The van der Waals surface area contributed by atoms with E-state index < -0.39 is 16.1 Å². The third-order valence-electron chi connectivity index (χ3n) is 2.33. The van der Waals surface area contributed by atoms with Crippen LogP contribution in [0.25, 0.3) is 0 Å². The van der Waals surface area contributed by atoms with E-state index in [4.69, 9.17) is 4.42 Å². The number of aliphatic hydroxyl groups is 1. The molecule has 0 radical (unpaired) electrons. The van der Waals surface area contributed by atoms with Crippen LogP contribution >= 0.6 is 0 Å². The topological polar surface area (TPSA) is 79.5 Å². The summed E-state index contributed by atoms with van der Waals surface area (Å²) >= 11 is 0. The summed E-state index contributed by atoms with van der Waals surface area (Å²) in [7, 11) is -3.31. The van der Waals surface area contributed by atoms with E-state index >= 15 is 0 Å². The van der Waals surface area contributed by atoms with Crippen LogP contribution in [0.2, 0.25) is 0 Å². The van der Waals surface area contributed by atoms with Crippen LogP contribution in [0, 0.1) is 5.92 Å². The SMILES string of the molecule is CC(C)CCS(=O)(=O)NCC(O)c1ccco1. The number of nitrogens with one attached hydrogen (secondary N) is 1. The first-order valence-corrected chi connectivity index (χ1v) is 7.25. The normalized spacial score (nSPS) is 14.1. The largest absolute Gasteiger partial charge is 0.467 e. The van der Waals surface area contributed by atoms with E-state index in [0.29, 0.717) is 18.1 Å². The van der Waals surface area contributed by atoms with Gasteiger partial charge in [-0.3, -0.25) is 0 Å². The van der Waals surface area contributed by atoms with Gasteiger partial charge < -0.3 is 9.52 Å². The Morgan fingerprint density at radius 3 is 2.71 bits per heavy atom. The van der Waals surface area contributed by atoms with Gasteiger partial charge in [-0.05, 0) is 24.5 Å². The summed E-state index contributed by atoms with van der Waals surface area (Å²) in [5.74, 6) is 0.772. The second-order valence-corrected chi connectivity index (χ2v) is 6.31. The molecule has 0 aliphatic carbocycles. The quantitative estimate of drug-likeness (QED) is 0.775. The van der Waals surface area contributed by atoms with Crippen LogP contribution in [-0.4, -0.2) is 25.8 Å². The molecule has 98 valence electrons. The van der Waals surface area contributed by atoms with Crippen molar-refractivity contribution in [2.24, 2.45) is 5.92 Å². The third kappa shape index (κ3) is 5.34. The van der Waals surface area contributed by atoms with Gasteiger partial charge in [0.25, 0.3) is 0 Å². The molecule has 0 aliphatic rings. The number of aliphatic hydroxyl groups excluding tert-OH is 1. The lowest BCUT2D eigenvalue weighted by Crippen LogP contribution is -2.30. The minimum absolute atomic E-state index is 0.0616. The summed E-state index contributed by atoms with van der Waals surface area (Å²) in [6.45, 7) is 3.87. The molecule has 2 N–H and O–H groups in total. The fraction of sp³-hybridized carbons (Fsp3) is 0.636. The van der Waals surface area contributed by atoms with Gasteiger partial charge in [-0.25, -0.2) is 13.1 Å². The highest BCUT2D eigenvalue weighted by molar-refractivity contribution is 7.89. The van der Waals surface area contributed by atoms with E-state index in [1.54, 1.807) is 12.1 Å². The molecule has 0 aliphatic heterocycles. The predicted octanol–water partition coefficient (Wildman–Crippen LogP) is 1.28. The van der Waals surface area contributed by atoms with Crippen molar-refractivity contribution in [3.8, 4) is 0 Å². The summed E-state index contributed by atoms with van der Waals surface area (Å²) in [6.07, 6.45) is 1.09. The zero-order chi connectivity index (χ0) is 12.9. The summed E-state index contributed by atoms with van der Waals surface area (Å²) in [5.41, 5.74) is 0. The van der Waals surface area contributed by atoms with Crippen molar-refractivity contribution < 1.29 is 17.9 Å². The van der Waals surface area contributed by atoms with Crippen molar-refractivity contribution in [2.75, 3.05) is 12.3 Å². The highest BCUT2D eigenvalue weighted by atomic mass is 32.2. The number of sulfonamides is 1. The maximum atomic E-state index is 11.6. The molecule has 0 aromatic carbocycles. The van der Waals surface area contributed by atoms with Gasteiger partial charge in [0.05, 0.1) is 12.0 Å². The number of hydrogen-bond acceptors (Lipinski definition) is 4. The van der Waals surface area contributed by atoms with E-state index in [2.05, 4.69) is 4.72 Å². The van der Waals surface area contributed by atoms with Crippen molar-refractivity contribution in [1.82, 2.24) is 4.72 Å². The van der Waals surface area contributed by atoms with Crippen molar-refractivity contribution in [1.29, 1.82) is 0 Å². The fourth-order valence-electron chi connectivity index (χ4n) is 1.25. The second-order valence-electron chi connectivity index (χ2n) is 4.38. The van der Waals surface area contributed by atoms with E-state index in [-0.39, 0.29) is 12.3 Å². The lowest BCUT2D eigenvalue weighted by molar-refractivity contribution is 0.154. The Morgan fingerprint density at radius 2 is 2.18 bits per heavy atom. The molecule has 0 saturated heterocycles. The minimum atomic E-state index is -3.31. The van der Waals surface area contributed by atoms with Gasteiger partial charge in [-0.2, -0.15) is 0 Å². The van der Waals surface area contributed by atoms with Gasteiger partial charge in [0, 0.05) is 6.54 Å². The summed E-state index contributed by atoms with van der Waals surface area (Å²) in [5, 5.41) is 9.63. The zero-order valence-electron chi connectivity index (χ0n) is 10.1. The van der Waals surface area contributed by atoms with Crippen LogP contribution in [0.1, 0.15) is 32.1 Å². The van der Waals surface area contributed by atoms with Gasteiger partial charge in [0.2, 0.25) is 10.0 Å². The predicted molar refractivity (Wildman–Crippen MR) is 64.9 cm³/mol. The first kappa shape index (κ1) is 14.2. The van der Waals surface area contributed by atoms with E-state index in [1.165, 1.54) is 6.26 Å². The van der Waals surface area contributed by atoms with Crippen molar-refractivity contribution >= 4 is 10.0 Å². The molecule has 1 unspecified atom stereocenters. The Balaban J connectivity index is 2.39. The fourth-order valence-corrected chi connectivity index (χ4v) is 2.59. The molecule has 1 atom stereocenters. The third-order valence-corrected chi connectivity index (χ3v) is 3.71. The van der Waals surface area contributed by atoms with Crippen LogP contribution in [-0.2, 0) is 10.0 Å². The standard InChI is InChI=1S/C11H19NO4S/c1-9(2)5-7-17(14,15)12-8-10(13)11-4-3-6-16-11/h3-4,6,9-10,12-13H,5,7-8H2,1-2H3. The molecule has 0 spiro atoms. The average Bonchev–Trinajstić information content (AvgIpc) is 2.77. The smallest absolute Gasteiger partial charge is 0.211 e. The zero-order valence-corrected chi connectivity index (χ0v) is 10.9. The van der Waals surface area contributed by atoms with Gasteiger partial charge in [0.15, 0.2) is 0 Å². The second kappa shape index (κ2) is 6.18. The van der Waals surface area contributed by atoms with Gasteiger partial charge in [0.1, 0.15) is 11.9 Å². The number of furan rings is 1. The maximum Gasteiger partial charge on any atom is 0.211 e. The molecule has 1 aromatic rings. The van der Waals surface area contributed by atoms with E-state index in [9.17, 15) is 13.5 Å². The van der Waals surface area contributed by atoms with Gasteiger partial charge in [-0.15, -0.1) is 0 Å². The molecular formula is C11H19NO4S. The molecule has 0 amide bonds. The van der Waals surface area contributed by atoms with E-state index in [1.807, 2.05) is 13.8 Å². The molecule has 6 heteroatoms. The highest BCUT2D eigenvalue weighted by Gasteiger charge is 2.16. The van der Waals surface area contributed by atoms with Crippen molar-refractivity contribution in [3.05, 3.63) is 24.2 Å². The van der Waals surface area contributed by atoms with Crippen LogP contribution in [0.5, 0.6) is 0 Å². The average molecular weight is 261 g/mol. The molecule has 0 saturated carbocycles. The summed E-state index contributed by atoms with van der Waals surface area (Å²) in [4.78, 5) is 0. The Bertz CT molecular complexity index is 411. The molecule has 1 heterocycles. The molecule has 17 heavy (non-hydrogen) atoms. The Labute approximate surface area is 102 Å². The van der Waals surface area contributed by atoms with Crippen LogP contribution in [0.4, 0.5) is 0 Å². The molecule has 0 fully saturated rings. The molecular weight excluding hydrogens is 242 g/mol. The monoisotopic (exact) mass is 261 g/mol. The molecule has 0 bridgehead atoms. The van der Waals surface area contributed by atoms with Gasteiger partial charge >= 0.3 is 0 Å². The first-order chi connectivity index (χ1) is 7.91. The van der Waals surface area contributed by atoms with Crippen LogP contribution in [0.15, 0.2) is 22.8 Å². The lowest BCUT2D eigenvalue weighted by atomic mass is 10.2. The van der Waals surface area contributed by atoms with Crippen LogP contribution < -0.4 is 4.72 Å². The number of hydrogen-bond donors (Lipinski definition) is 2. The lowest BCUT2D eigenvalue weighted by Gasteiger charge is -2.11. The van der Waals surface area contributed by atoms with E-state index in [0.717, 1.165) is 0 Å². The summed E-state index contributed by atoms with van der Waals surface area (Å²) in [6, 6.07) is 3.25. The van der Waals surface area contributed by atoms with Gasteiger partial charge in [-0.1, -0.05) is 13.8 Å². The molecule has 5 nitrogen and oxygen atoms in total. The Hall–Kier alpha value is -0.850. The maximum absolute atomic E-state index is 11.6. The van der Waals surface area contributed by atoms with Crippen LogP contribution in [0.3, 0.4) is 0 Å². The molecule has 1 aromatic heterocycles. The van der Waals surface area contributed by atoms with Crippen molar-refractivity contribution in [2.45, 2.75) is 26.4 Å². The molecule has 1 rings (SSSR count). The Morgan fingerprint density at radius 1 is 1.47 bits per heavy atom. The number of rotatable bonds is 7. The first-order valence-electron chi connectivity index (χ1n) is 5.59. The van der Waals surface area contributed by atoms with Crippen molar-refractivity contribution in [3.63, 3.8) is 0 Å². The minimum Gasteiger partial charge on any atom is -0.467 e. The highest BCUT2D eigenvalue weighted by Crippen LogP contribution is 2.12.